The Hall–Kier alpha value is -3.00. The van der Waals surface area contributed by atoms with Crippen LogP contribution >= 0.6 is 0 Å². The molecule has 2 aromatic carbocycles. The first kappa shape index (κ1) is 14.0. The highest BCUT2D eigenvalue weighted by Crippen LogP contribution is 2.26. The molecule has 1 aromatic heterocycles. The largest absolute Gasteiger partial charge is 0.497 e. The quantitative estimate of drug-likeness (QED) is 0.780. The van der Waals surface area contributed by atoms with Crippen molar-refractivity contribution in [2.75, 3.05) is 12.4 Å². The van der Waals surface area contributed by atoms with Crippen LogP contribution in [0.25, 0.3) is 11.1 Å². The van der Waals surface area contributed by atoms with Crippen LogP contribution in [0.2, 0.25) is 0 Å². The molecule has 5 nitrogen and oxygen atoms in total. The molecule has 0 bridgehead atoms. The summed E-state index contributed by atoms with van der Waals surface area (Å²) in [4.78, 5) is 4.38. The van der Waals surface area contributed by atoms with Crippen molar-refractivity contribution in [3.8, 4) is 11.8 Å². The summed E-state index contributed by atoms with van der Waals surface area (Å²) in [6.07, 6.45) is 0. The van der Waals surface area contributed by atoms with Gasteiger partial charge in [-0.2, -0.15) is 10.2 Å². The number of fused-ring (bicyclic) bond motifs is 1. The summed E-state index contributed by atoms with van der Waals surface area (Å²) in [5.74, 6) is 0.616. The zero-order valence-corrected chi connectivity index (χ0v) is 12.3. The summed E-state index contributed by atoms with van der Waals surface area (Å²) in [5, 5.41) is 12.1. The van der Waals surface area contributed by atoms with Crippen LogP contribution < -0.4 is 10.1 Å². The SMILES string of the molecule is COc1ccc(Nc2nc3ccc(C(C)C#N)cc3o2)cc1. The summed E-state index contributed by atoms with van der Waals surface area (Å²) >= 11 is 0. The average molecular weight is 293 g/mol. The number of aromatic nitrogens is 1. The monoisotopic (exact) mass is 293 g/mol. The molecule has 0 aliphatic carbocycles. The zero-order chi connectivity index (χ0) is 15.5. The van der Waals surface area contributed by atoms with Gasteiger partial charge >= 0.3 is 0 Å². The van der Waals surface area contributed by atoms with E-state index in [1.165, 1.54) is 0 Å². The maximum Gasteiger partial charge on any atom is 0.300 e. The topological polar surface area (TPSA) is 71.1 Å². The summed E-state index contributed by atoms with van der Waals surface area (Å²) in [6, 6.07) is 15.7. The van der Waals surface area contributed by atoms with Gasteiger partial charge in [-0.05, 0) is 48.9 Å². The molecule has 0 aliphatic rings. The van der Waals surface area contributed by atoms with Gasteiger partial charge < -0.3 is 14.5 Å². The molecule has 0 radical (unpaired) electrons. The Kier molecular flexibility index (Phi) is 3.67. The van der Waals surface area contributed by atoms with Crippen LogP contribution in [0.15, 0.2) is 46.9 Å². The van der Waals surface area contributed by atoms with E-state index in [0.717, 1.165) is 22.5 Å². The second-order valence-electron chi connectivity index (χ2n) is 4.95. The van der Waals surface area contributed by atoms with E-state index in [9.17, 15) is 0 Å². The number of anilines is 2. The Labute approximate surface area is 128 Å². The standard InChI is InChI=1S/C17H15N3O2/c1-11(10-18)12-3-8-15-16(9-12)22-17(20-15)19-13-4-6-14(21-2)7-5-13/h3-9,11H,1-2H3,(H,19,20). The molecule has 0 fully saturated rings. The molecule has 0 saturated heterocycles. The molecule has 1 atom stereocenters. The first-order valence-electron chi connectivity index (χ1n) is 6.91. The van der Waals surface area contributed by atoms with E-state index in [1.54, 1.807) is 7.11 Å². The van der Waals surface area contributed by atoms with E-state index in [2.05, 4.69) is 16.4 Å². The van der Waals surface area contributed by atoms with E-state index >= 15 is 0 Å². The van der Waals surface area contributed by atoms with Gasteiger partial charge in [0.2, 0.25) is 0 Å². The fourth-order valence-corrected chi connectivity index (χ4v) is 2.14. The van der Waals surface area contributed by atoms with E-state index in [4.69, 9.17) is 14.4 Å². The maximum atomic E-state index is 8.98. The number of nitrogens with zero attached hydrogens (tertiary/aromatic N) is 2. The fourth-order valence-electron chi connectivity index (χ4n) is 2.14. The minimum atomic E-state index is -0.174. The predicted molar refractivity (Wildman–Crippen MR) is 84.3 cm³/mol. The lowest BCUT2D eigenvalue weighted by Gasteiger charge is -2.03. The minimum Gasteiger partial charge on any atom is -0.497 e. The van der Waals surface area contributed by atoms with Gasteiger partial charge in [-0.15, -0.1) is 0 Å². The lowest BCUT2D eigenvalue weighted by molar-refractivity contribution is 0.415. The Morgan fingerprint density at radius 1 is 1.23 bits per heavy atom. The second kappa shape index (κ2) is 5.78. The molecule has 5 heteroatoms. The van der Waals surface area contributed by atoms with Crippen molar-refractivity contribution in [1.29, 1.82) is 5.26 Å². The van der Waals surface area contributed by atoms with E-state index in [0.29, 0.717) is 11.6 Å². The molecule has 0 aliphatic heterocycles. The van der Waals surface area contributed by atoms with Crippen LogP contribution in [-0.4, -0.2) is 12.1 Å². The van der Waals surface area contributed by atoms with Crippen molar-refractivity contribution >= 4 is 22.8 Å². The highest BCUT2D eigenvalue weighted by molar-refractivity contribution is 5.76. The minimum absolute atomic E-state index is 0.174. The van der Waals surface area contributed by atoms with Gasteiger partial charge in [0.05, 0.1) is 19.1 Å². The first-order chi connectivity index (χ1) is 10.7. The van der Waals surface area contributed by atoms with Crippen LogP contribution in [0.5, 0.6) is 5.75 Å². The number of oxazole rings is 1. The number of benzene rings is 2. The van der Waals surface area contributed by atoms with Crippen LogP contribution in [0.4, 0.5) is 11.7 Å². The number of nitriles is 1. The van der Waals surface area contributed by atoms with Crippen molar-refractivity contribution in [2.24, 2.45) is 0 Å². The summed E-state index contributed by atoms with van der Waals surface area (Å²) in [6.45, 7) is 1.86. The molecular formula is C17H15N3O2. The van der Waals surface area contributed by atoms with Crippen molar-refractivity contribution < 1.29 is 9.15 Å². The second-order valence-corrected chi connectivity index (χ2v) is 4.95. The third-order valence-electron chi connectivity index (χ3n) is 3.45. The third-order valence-corrected chi connectivity index (χ3v) is 3.45. The molecule has 1 N–H and O–H groups in total. The van der Waals surface area contributed by atoms with Crippen molar-refractivity contribution in [3.63, 3.8) is 0 Å². The van der Waals surface area contributed by atoms with Gasteiger partial charge in [0.15, 0.2) is 5.58 Å². The smallest absolute Gasteiger partial charge is 0.300 e. The van der Waals surface area contributed by atoms with Crippen molar-refractivity contribution in [1.82, 2.24) is 4.98 Å². The molecular weight excluding hydrogens is 278 g/mol. The number of rotatable bonds is 4. The molecule has 22 heavy (non-hydrogen) atoms. The predicted octanol–water partition coefficient (Wildman–Crippen LogP) is 4.21. The Morgan fingerprint density at radius 2 is 2.00 bits per heavy atom. The van der Waals surface area contributed by atoms with Crippen LogP contribution in [-0.2, 0) is 0 Å². The Bertz CT molecular complexity index is 831. The lowest BCUT2D eigenvalue weighted by atomic mass is 10.0. The molecule has 110 valence electrons. The van der Waals surface area contributed by atoms with Gasteiger partial charge in [0.1, 0.15) is 11.3 Å². The molecule has 0 amide bonds. The molecule has 0 saturated carbocycles. The zero-order valence-electron chi connectivity index (χ0n) is 12.3. The number of hydrogen-bond donors (Lipinski definition) is 1. The van der Waals surface area contributed by atoms with Crippen LogP contribution in [0, 0.1) is 11.3 Å². The average Bonchev–Trinajstić information content (AvgIpc) is 2.96. The van der Waals surface area contributed by atoms with Gasteiger partial charge in [0, 0.05) is 5.69 Å². The highest BCUT2D eigenvalue weighted by Gasteiger charge is 2.10. The molecule has 1 unspecified atom stereocenters. The van der Waals surface area contributed by atoms with E-state index in [-0.39, 0.29) is 5.92 Å². The van der Waals surface area contributed by atoms with E-state index < -0.39 is 0 Å². The number of ether oxygens (including phenoxy) is 1. The Balaban J connectivity index is 1.86. The molecule has 1 heterocycles. The highest BCUT2D eigenvalue weighted by atomic mass is 16.5. The van der Waals surface area contributed by atoms with E-state index in [1.807, 2.05) is 49.4 Å². The number of methoxy groups -OCH3 is 1. The number of nitrogens with one attached hydrogen (secondary N) is 1. The Morgan fingerprint density at radius 3 is 2.68 bits per heavy atom. The third kappa shape index (κ3) is 2.72. The lowest BCUT2D eigenvalue weighted by Crippen LogP contribution is -1.90. The van der Waals surface area contributed by atoms with Gasteiger partial charge in [0.25, 0.3) is 6.01 Å². The van der Waals surface area contributed by atoms with Gasteiger partial charge in [-0.25, -0.2) is 0 Å². The maximum absolute atomic E-state index is 8.98. The van der Waals surface area contributed by atoms with Crippen molar-refractivity contribution in [2.45, 2.75) is 12.8 Å². The molecule has 3 rings (SSSR count). The van der Waals surface area contributed by atoms with Crippen LogP contribution in [0.3, 0.4) is 0 Å². The number of hydrogen-bond acceptors (Lipinski definition) is 5. The summed E-state index contributed by atoms with van der Waals surface area (Å²) < 4.78 is 10.8. The molecule has 3 aromatic rings. The fraction of sp³-hybridized carbons (Fsp3) is 0.176. The molecule has 0 spiro atoms. The normalized spacial score (nSPS) is 11.9. The van der Waals surface area contributed by atoms with Crippen LogP contribution in [0.1, 0.15) is 18.4 Å². The van der Waals surface area contributed by atoms with Crippen molar-refractivity contribution in [3.05, 3.63) is 48.0 Å². The van der Waals surface area contributed by atoms with Gasteiger partial charge in [-0.1, -0.05) is 6.07 Å². The van der Waals surface area contributed by atoms with Gasteiger partial charge in [-0.3, -0.25) is 0 Å². The summed E-state index contributed by atoms with van der Waals surface area (Å²) in [7, 11) is 1.63. The summed E-state index contributed by atoms with van der Waals surface area (Å²) in [5.41, 5.74) is 3.20. The first-order valence-corrected chi connectivity index (χ1v) is 6.91.